The number of carbonyl (C=O) groups is 1. The van der Waals surface area contributed by atoms with Gasteiger partial charge in [0.1, 0.15) is 27.8 Å². The van der Waals surface area contributed by atoms with Gasteiger partial charge in [0.2, 0.25) is 5.89 Å². The van der Waals surface area contributed by atoms with Crippen LogP contribution in [0.15, 0.2) is 46.2 Å². The van der Waals surface area contributed by atoms with Crippen LogP contribution in [0.2, 0.25) is 0 Å². The molecule has 3 aromatic heterocycles. The van der Waals surface area contributed by atoms with Crippen LogP contribution in [0, 0.1) is 12.7 Å². The van der Waals surface area contributed by atoms with Gasteiger partial charge in [-0.25, -0.2) is 14.2 Å². The highest BCUT2D eigenvalue weighted by molar-refractivity contribution is 7.16. The largest absolute Gasteiger partial charge is 0.464 e. The maximum atomic E-state index is 14.0. The molecule has 0 aliphatic heterocycles. The molecule has 4 rings (SSSR count). The van der Waals surface area contributed by atoms with Crippen LogP contribution >= 0.6 is 11.3 Å². The van der Waals surface area contributed by atoms with E-state index in [-0.39, 0.29) is 5.89 Å². The highest BCUT2D eigenvalue weighted by atomic mass is 32.1. The van der Waals surface area contributed by atoms with E-state index in [1.54, 1.807) is 31.2 Å². The van der Waals surface area contributed by atoms with Gasteiger partial charge >= 0.3 is 5.97 Å². The molecule has 0 aliphatic rings. The second-order valence-corrected chi connectivity index (χ2v) is 6.68. The van der Waals surface area contributed by atoms with Crippen molar-refractivity contribution >= 4 is 27.5 Å². The molecule has 1 aromatic carbocycles. The number of rotatable bonds is 4. The summed E-state index contributed by atoms with van der Waals surface area (Å²) in [5.41, 5.74) is 1.40. The molecule has 0 amide bonds. The predicted octanol–water partition coefficient (Wildman–Crippen LogP) is 4.64. The zero-order valence-electron chi connectivity index (χ0n) is 14.2. The van der Waals surface area contributed by atoms with Crippen molar-refractivity contribution in [1.82, 2.24) is 9.55 Å². The Morgan fingerprint density at radius 2 is 2.15 bits per heavy atom. The molecule has 0 atom stereocenters. The number of fused-ring (bicyclic) bond motifs is 1. The number of oxazole rings is 1. The number of carbonyl (C=O) groups excluding carboxylic acids is 1. The van der Waals surface area contributed by atoms with E-state index in [1.807, 2.05) is 16.0 Å². The van der Waals surface area contributed by atoms with Crippen LogP contribution in [0.5, 0.6) is 0 Å². The van der Waals surface area contributed by atoms with E-state index in [1.165, 1.54) is 24.5 Å². The average molecular weight is 370 g/mol. The summed E-state index contributed by atoms with van der Waals surface area (Å²) in [4.78, 5) is 17.5. The molecule has 0 unspecified atom stereocenters. The molecule has 132 valence electrons. The van der Waals surface area contributed by atoms with E-state index in [0.29, 0.717) is 29.3 Å². The van der Waals surface area contributed by atoms with E-state index in [4.69, 9.17) is 9.15 Å². The third kappa shape index (κ3) is 2.70. The Labute approximate surface area is 152 Å². The summed E-state index contributed by atoms with van der Waals surface area (Å²) in [5, 5.41) is 2.92. The van der Waals surface area contributed by atoms with Crippen LogP contribution in [0.1, 0.15) is 21.9 Å². The quantitative estimate of drug-likeness (QED) is 0.491. The van der Waals surface area contributed by atoms with Gasteiger partial charge in [0.25, 0.3) is 0 Å². The molecule has 0 spiro atoms. The highest BCUT2D eigenvalue weighted by Gasteiger charge is 2.20. The summed E-state index contributed by atoms with van der Waals surface area (Å²) < 4.78 is 26.4. The topological polar surface area (TPSA) is 57.3 Å². The van der Waals surface area contributed by atoms with Crippen molar-refractivity contribution in [1.29, 1.82) is 0 Å². The van der Waals surface area contributed by atoms with Gasteiger partial charge in [-0.15, -0.1) is 11.3 Å². The molecule has 0 radical (unpaired) electrons. The Morgan fingerprint density at radius 1 is 1.35 bits per heavy atom. The fraction of sp³-hybridized carbons (Fsp3) is 0.158. The molecule has 0 N–H and O–H groups in total. The Bertz CT molecular complexity index is 1110. The summed E-state index contributed by atoms with van der Waals surface area (Å²) in [7, 11) is 1.35. The van der Waals surface area contributed by atoms with Gasteiger partial charge in [0.15, 0.2) is 0 Å². The van der Waals surface area contributed by atoms with Gasteiger partial charge in [0.05, 0.1) is 19.2 Å². The number of nitrogens with zero attached hydrogens (tertiary/aromatic N) is 2. The van der Waals surface area contributed by atoms with Crippen molar-refractivity contribution in [3.05, 3.63) is 64.7 Å². The van der Waals surface area contributed by atoms with Crippen molar-refractivity contribution < 1.29 is 18.3 Å². The molecule has 0 aliphatic carbocycles. The number of aromatic nitrogens is 2. The second kappa shape index (κ2) is 6.42. The van der Waals surface area contributed by atoms with Crippen LogP contribution < -0.4 is 0 Å². The molecular formula is C19H15FN2O3S. The number of thiophene rings is 1. The second-order valence-electron chi connectivity index (χ2n) is 5.79. The first kappa shape index (κ1) is 16.5. The fourth-order valence-electron chi connectivity index (χ4n) is 2.88. The van der Waals surface area contributed by atoms with E-state index in [9.17, 15) is 9.18 Å². The molecular weight excluding hydrogens is 355 g/mol. The zero-order chi connectivity index (χ0) is 18.3. The molecule has 26 heavy (non-hydrogen) atoms. The number of hydrogen-bond donors (Lipinski definition) is 0. The van der Waals surface area contributed by atoms with Gasteiger partial charge in [-0.3, -0.25) is 0 Å². The predicted molar refractivity (Wildman–Crippen MR) is 96.9 cm³/mol. The minimum atomic E-state index is -0.413. The lowest BCUT2D eigenvalue weighted by molar-refractivity contribution is 0.0589. The lowest BCUT2D eigenvalue weighted by Crippen LogP contribution is -2.11. The van der Waals surface area contributed by atoms with Crippen LogP contribution in [0.3, 0.4) is 0 Å². The van der Waals surface area contributed by atoms with E-state index < -0.39 is 11.8 Å². The molecule has 0 saturated carbocycles. The maximum absolute atomic E-state index is 14.0. The monoisotopic (exact) mass is 370 g/mol. The first-order chi connectivity index (χ1) is 12.6. The van der Waals surface area contributed by atoms with Crippen LogP contribution in [0.4, 0.5) is 4.39 Å². The number of esters is 1. The average Bonchev–Trinajstić information content (AvgIpc) is 3.31. The zero-order valence-corrected chi connectivity index (χ0v) is 15.0. The number of halogens is 1. The first-order valence-electron chi connectivity index (χ1n) is 7.94. The molecule has 0 bridgehead atoms. The van der Waals surface area contributed by atoms with Crippen LogP contribution in [-0.4, -0.2) is 22.6 Å². The van der Waals surface area contributed by atoms with Gasteiger partial charge in [-0.05, 0) is 36.6 Å². The highest BCUT2D eigenvalue weighted by Crippen LogP contribution is 2.29. The molecule has 5 nitrogen and oxygen atoms in total. The minimum Gasteiger partial charge on any atom is -0.464 e. The number of ether oxygens (including phenoxy) is 1. The number of methoxy groups -OCH3 is 1. The number of benzene rings is 1. The molecule has 0 fully saturated rings. The van der Waals surface area contributed by atoms with Crippen molar-refractivity contribution in [3.8, 4) is 11.5 Å². The van der Waals surface area contributed by atoms with Gasteiger partial charge in [-0.2, -0.15) is 0 Å². The maximum Gasteiger partial charge on any atom is 0.354 e. The van der Waals surface area contributed by atoms with Crippen LogP contribution in [0.25, 0.3) is 21.7 Å². The third-order valence-electron chi connectivity index (χ3n) is 4.20. The lowest BCUT2D eigenvalue weighted by atomic mass is 10.2. The standard InChI is InChI=1S/C19H15FN2O3S/c1-11-15(21-17(25-11)13-5-3-4-6-14(13)20)10-22-16(19(23)24-2)9-12-7-8-26-18(12)22/h3-9H,10H2,1-2H3. The summed E-state index contributed by atoms with van der Waals surface area (Å²) in [6, 6.07) is 10.1. The normalized spacial score (nSPS) is 11.2. The molecule has 0 saturated heterocycles. The Hall–Kier alpha value is -2.93. The summed E-state index contributed by atoms with van der Waals surface area (Å²) in [6.45, 7) is 2.11. The van der Waals surface area contributed by atoms with Crippen molar-refractivity contribution in [2.75, 3.05) is 7.11 Å². The lowest BCUT2D eigenvalue weighted by Gasteiger charge is -2.07. The van der Waals surface area contributed by atoms with E-state index in [0.717, 1.165) is 10.2 Å². The minimum absolute atomic E-state index is 0.227. The fourth-order valence-corrected chi connectivity index (χ4v) is 3.78. The van der Waals surface area contributed by atoms with Gasteiger partial charge < -0.3 is 13.7 Å². The van der Waals surface area contributed by atoms with E-state index in [2.05, 4.69) is 4.98 Å². The van der Waals surface area contributed by atoms with Crippen molar-refractivity contribution in [3.63, 3.8) is 0 Å². The smallest absolute Gasteiger partial charge is 0.354 e. The molecule has 4 aromatic rings. The molecule has 3 heterocycles. The van der Waals surface area contributed by atoms with E-state index >= 15 is 0 Å². The Morgan fingerprint density at radius 3 is 2.92 bits per heavy atom. The van der Waals surface area contributed by atoms with Crippen LogP contribution in [-0.2, 0) is 11.3 Å². The summed E-state index contributed by atoms with van der Waals surface area (Å²) in [5.74, 6) is 0.00306. The van der Waals surface area contributed by atoms with Gasteiger partial charge in [-0.1, -0.05) is 12.1 Å². The SMILES string of the molecule is COC(=O)c1cc2ccsc2n1Cc1nc(-c2ccccc2F)oc1C. The van der Waals surface area contributed by atoms with Crippen molar-refractivity contribution in [2.45, 2.75) is 13.5 Å². The number of hydrogen-bond acceptors (Lipinski definition) is 5. The first-order valence-corrected chi connectivity index (χ1v) is 8.82. The molecule has 7 heteroatoms. The number of aryl methyl sites for hydroxylation is 1. The third-order valence-corrected chi connectivity index (χ3v) is 5.15. The Kier molecular flexibility index (Phi) is 4.08. The summed E-state index contributed by atoms with van der Waals surface area (Å²) >= 11 is 1.53. The Balaban J connectivity index is 1.77. The van der Waals surface area contributed by atoms with Crippen molar-refractivity contribution in [2.24, 2.45) is 0 Å². The summed E-state index contributed by atoms with van der Waals surface area (Å²) in [6.07, 6.45) is 0. The van der Waals surface area contributed by atoms with Gasteiger partial charge in [0, 0.05) is 5.39 Å².